The van der Waals surface area contributed by atoms with Gasteiger partial charge < -0.3 is 10.6 Å². The molecule has 3 N–H and O–H groups in total. The molecule has 7 nitrogen and oxygen atoms in total. The summed E-state index contributed by atoms with van der Waals surface area (Å²) in [5.74, 6) is -0.349. The van der Waals surface area contributed by atoms with E-state index >= 15 is 0 Å². The first-order valence-electron chi connectivity index (χ1n) is 7.73. The Labute approximate surface area is 172 Å². The number of carbonyl (C=O) groups excluding carboxylic acids is 2. The lowest BCUT2D eigenvalue weighted by Crippen LogP contribution is -2.35. The van der Waals surface area contributed by atoms with E-state index in [9.17, 15) is 9.59 Å². The molecule has 0 saturated heterocycles. The van der Waals surface area contributed by atoms with Gasteiger partial charge in [0.2, 0.25) is 11.0 Å². The van der Waals surface area contributed by atoms with Crippen LogP contribution in [0, 0.1) is 0 Å². The number of thioether (sulfide) groups is 1. The van der Waals surface area contributed by atoms with E-state index in [4.69, 9.17) is 0 Å². The lowest BCUT2D eigenvalue weighted by Gasteiger charge is -2.05. The van der Waals surface area contributed by atoms with Gasteiger partial charge in [0, 0.05) is 15.8 Å². The monoisotopic (exact) mass is 463 g/mol. The number of amides is 3. The molecule has 3 aromatic rings. The molecule has 2 aromatic carbocycles. The van der Waals surface area contributed by atoms with Crippen molar-refractivity contribution in [3.8, 4) is 0 Å². The van der Waals surface area contributed by atoms with Crippen LogP contribution >= 0.6 is 39.0 Å². The fraction of sp³-hybridized carbons (Fsp3) is 0.0588. The molecule has 3 rings (SSSR count). The number of hydrogen-bond acceptors (Lipinski definition) is 7. The molecular formula is C17H14BrN5O2S2. The number of rotatable bonds is 6. The van der Waals surface area contributed by atoms with Crippen LogP contribution < -0.4 is 16.0 Å². The summed E-state index contributed by atoms with van der Waals surface area (Å²) in [5.41, 5.74) is 1.50. The standard InChI is InChI=1S/C17H14BrN5O2S2/c18-11-5-4-8-13(9-11)20-16-22-23-17(27-16)26-10-14(24)21-15(25)19-12-6-2-1-3-7-12/h1-9H,10H2,(H,20,22)(H2,19,21,24,25). The first kappa shape index (κ1) is 19.3. The van der Waals surface area contributed by atoms with E-state index in [1.165, 1.54) is 23.1 Å². The van der Waals surface area contributed by atoms with Crippen molar-refractivity contribution in [3.05, 3.63) is 59.1 Å². The third-order valence-corrected chi connectivity index (χ3v) is 5.56. The van der Waals surface area contributed by atoms with Gasteiger partial charge in [-0.15, -0.1) is 10.2 Å². The molecule has 0 radical (unpaired) electrons. The van der Waals surface area contributed by atoms with E-state index in [0.717, 1.165) is 10.2 Å². The topological polar surface area (TPSA) is 96.0 Å². The van der Waals surface area contributed by atoms with Crippen LogP contribution in [0.4, 0.5) is 21.3 Å². The number of halogens is 1. The highest BCUT2D eigenvalue weighted by atomic mass is 79.9. The summed E-state index contributed by atoms with van der Waals surface area (Å²) in [6.07, 6.45) is 0. The normalized spacial score (nSPS) is 10.3. The van der Waals surface area contributed by atoms with Gasteiger partial charge in [-0.05, 0) is 30.3 Å². The van der Waals surface area contributed by atoms with Crippen LogP contribution in [-0.2, 0) is 4.79 Å². The fourth-order valence-electron chi connectivity index (χ4n) is 1.98. The predicted octanol–water partition coefficient (Wildman–Crippen LogP) is 4.48. The Hall–Kier alpha value is -2.43. The van der Waals surface area contributed by atoms with Gasteiger partial charge in [0.1, 0.15) is 0 Å². The summed E-state index contributed by atoms with van der Waals surface area (Å²) in [6, 6.07) is 16.0. The van der Waals surface area contributed by atoms with Crippen molar-refractivity contribution >= 4 is 67.5 Å². The number of carbonyl (C=O) groups is 2. The van der Waals surface area contributed by atoms with Gasteiger partial charge in [0.05, 0.1) is 5.75 Å². The van der Waals surface area contributed by atoms with Gasteiger partial charge in [-0.3, -0.25) is 10.1 Å². The summed E-state index contributed by atoms with van der Waals surface area (Å²) in [5, 5.41) is 16.7. The summed E-state index contributed by atoms with van der Waals surface area (Å²) < 4.78 is 1.59. The minimum absolute atomic E-state index is 0.0632. The van der Waals surface area contributed by atoms with E-state index in [1.807, 2.05) is 30.3 Å². The fourth-order valence-corrected chi connectivity index (χ4v) is 3.95. The van der Waals surface area contributed by atoms with E-state index in [2.05, 4.69) is 42.1 Å². The molecule has 10 heteroatoms. The molecule has 1 heterocycles. The van der Waals surface area contributed by atoms with Gasteiger partial charge in [0.25, 0.3) is 0 Å². The number of urea groups is 1. The number of aromatic nitrogens is 2. The summed E-state index contributed by atoms with van der Waals surface area (Å²) in [6.45, 7) is 0. The Bertz CT molecular complexity index is 936. The Kier molecular flexibility index (Phi) is 6.80. The minimum Gasteiger partial charge on any atom is -0.330 e. The van der Waals surface area contributed by atoms with Crippen molar-refractivity contribution in [2.75, 3.05) is 16.4 Å². The van der Waals surface area contributed by atoms with Gasteiger partial charge in [-0.1, -0.05) is 63.3 Å². The van der Waals surface area contributed by atoms with Crippen LogP contribution in [0.3, 0.4) is 0 Å². The first-order chi connectivity index (χ1) is 13.1. The Morgan fingerprint density at radius 3 is 2.59 bits per heavy atom. The molecule has 0 spiro atoms. The first-order valence-corrected chi connectivity index (χ1v) is 10.3. The zero-order valence-electron chi connectivity index (χ0n) is 13.8. The molecule has 0 aliphatic heterocycles. The maximum absolute atomic E-state index is 11.9. The van der Waals surface area contributed by atoms with Crippen LogP contribution in [0.25, 0.3) is 0 Å². The molecular weight excluding hydrogens is 450 g/mol. The summed E-state index contributed by atoms with van der Waals surface area (Å²) in [7, 11) is 0. The van der Waals surface area contributed by atoms with Gasteiger partial charge in [-0.2, -0.15) is 0 Å². The second-order valence-electron chi connectivity index (χ2n) is 5.17. The second-order valence-corrected chi connectivity index (χ2v) is 8.28. The van der Waals surface area contributed by atoms with Crippen LogP contribution in [0.2, 0.25) is 0 Å². The minimum atomic E-state index is -0.568. The molecule has 0 saturated carbocycles. The van der Waals surface area contributed by atoms with Crippen LogP contribution in [0.15, 0.2) is 63.4 Å². The van der Waals surface area contributed by atoms with Crippen molar-refractivity contribution in [1.29, 1.82) is 0 Å². The average Bonchev–Trinajstić information content (AvgIpc) is 3.08. The molecule has 0 fully saturated rings. The number of nitrogens with one attached hydrogen (secondary N) is 3. The third kappa shape index (κ3) is 6.35. The Morgan fingerprint density at radius 1 is 1.04 bits per heavy atom. The number of imide groups is 1. The molecule has 0 bridgehead atoms. The lowest BCUT2D eigenvalue weighted by atomic mass is 10.3. The van der Waals surface area contributed by atoms with Gasteiger partial charge in [0.15, 0.2) is 4.34 Å². The largest absolute Gasteiger partial charge is 0.330 e. The van der Waals surface area contributed by atoms with Crippen LogP contribution in [0.1, 0.15) is 0 Å². The maximum Gasteiger partial charge on any atom is 0.325 e. The quantitative estimate of drug-likeness (QED) is 0.466. The number of anilines is 3. The van der Waals surface area contributed by atoms with E-state index in [0.29, 0.717) is 15.2 Å². The number of para-hydroxylation sites is 1. The molecule has 0 aliphatic carbocycles. The maximum atomic E-state index is 11.9. The highest BCUT2D eigenvalue weighted by Gasteiger charge is 2.11. The van der Waals surface area contributed by atoms with Crippen molar-refractivity contribution in [1.82, 2.24) is 15.5 Å². The molecule has 3 amide bonds. The average molecular weight is 464 g/mol. The third-order valence-electron chi connectivity index (χ3n) is 3.09. The van der Waals surface area contributed by atoms with Gasteiger partial charge >= 0.3 is 6.03 Å². The van der Waals surface area contributed by atoms with Crippen LogP contribution in [0.5, 0.6) is 0 Å². The highest BCUT2D eigenvalue weighted by Crippen LogP contribution is 2.28. The van der Waals surface area contributed by atoms with E-state index in [1.54, 1.807) is 24.3 Å². The van der Waals surface area contributed by atoms with E-state index < -0.39 is 11.9 Å². The zero-order valence-corrected chi connectivity index (χ0v) is 17.0. The molecule has 27 heavy (non-hydrogen) atoms. The van der Waals surface area contributed by atoms with Crippen molar-refractivity contribution < 1.29 is 9.59 Å². The smallest absolute Gasteiger partial charge is 0.325 e. The van der Waals surface area contributed by atoms with Gasteiger partial charge in [-0.25, -0.2) is 4.79 Å². The number of nitrogens with zero attached hydrogens (tertiary/aromatic N) is 2. The summed E-state index contributed by atoms with van der Waals surface area (Å²) >= 11 is 5.95. The molecule has 0 aliphatic rings. The Balaban J connectivity index is 1.45. The molecule has 0 atom stereocenters. The van der Waals surface area contributed by atoms with E-state index in [-0.39, 0.29) is 5.75 Å². The molecule has 138 valence electrons. The SMILES string of the molecule is O=C(CSc1nnc(Nc2cccc(Br)c2)s1)NC(=O)Nc1ccccc1. The number of hydrogen-bond donors (Lipinski definition) is 3. The number of benzene rings is 2. The zero-order chi connectivity index (χ0) is 19.1. The second kappa shape index (κ2) is 9.49. The molecule has 1 aromatic heterocycles. The lowest BCUT2D eigenvalue weighted by molar-refractivity contribution is -0.117. The van der Waals surface area contributed by atoms with Crippen molar-refractivity contribution in [2.24, 2.45) is 0 Å². The van der Waals surface area contributed by atoms with Crippen LogP contribution in [-0.4, -0.2) is 27.9 Å². The predicted molar refractivity (Wildman–Crippen MR) is 112 cm³/mol. The summed E-state index contributed by atoms with van der Waals surface area (Å²) in [4.78, 5) is 23.7. The van der Waals surface area contributed by atoms with Crippen molar-refractivity contribution in [3.63, 3.8) is 0 Å². The Morgan fingerprint density at radius 2 is 1.81 bits per heavy atom. The molecule has 0 unspecified atom stereocenters. The highest BCUT2D eigenvalue weighted by molar-refractivity contribution is 9.10. The van der Waals surface area contributed by atoms with Crippen molar-refractivity contribution in [2.45, 2.75) is 4.34 Å².